The van der Waals surface area contributed by atoms with Gasteiger partial charge in [-0.3, -0.25) is 16.1 Å². The quantitative estimate of drug-likeness (QED) is 0.323. The molecule has 1 aromatic carbocycles. The van der Waals surface area contributed by atoms with Crippen molar-refractivity contribution in [1.29, 1.82) is 10.8 Å². The van der Waals surface area contributed by atoms with Crippen LogP contribution in [0.15, 0.2) is 30.3 Å². The van der Waals surface area contributed by atoms with Gasteiger partial charge < -0.3 is 11.5 Å². The van der Waals surface area contributed by atoms with Crippen LogP contribution in [0.2, 0.25) is 5.02 Å². The average molecular weight is 214 g/mol. The predicted molar refractivity (Wildman–Crippen MR) is 58.4 cm³/mol. The number of guanidine groups is 2. The van der Waals surface area contributed by atoms with Crippen molar-refractivity contribution in [2.45, 2.75) is 0 Å². The second kappa shape index (κ2) is 6.73. The zero-order valence-electron chi connectivity index (χ0n) is 7.42. The van der Waals surface area contributed by atoms with Gasteiger partial charge in [-0.25, -0.2) is 0 Å². The van der Waals surface area contributed by atoms with Crippen molar-refractivity contribution < 1.29 is 0 Å². The summed E-state index contributed by atoms with van der Waals surface area (Å²) in [6.07, 6.45) is 0. The Kier molecular flexibility index (Phi) is 5.89. The fourth-order valence-electron chi connectivity index (χ4n) is 0.560. The maximum Gasteiger partial charge on any atom is 0.192 e. The third-order valence-corrected chi connectivity index (χ3v) is 1.25. The Morgan fingerprint density at radius 1 is 1.07 bits per heavy atom. The molecule has 0 heterocycles. The summed E-state index contributed by atoms with van der Waals surface area (Å²) in [7, 11) is 0. The van der Waals surface area contributed by atoms with Crippen LogP contribution >= 0.6 is 11.6 Å². The van der Waals surface area contributed by atoms with E-state index in [0.29, 0.717) is 0 Å². The minimum absolute atomic E-state index is 0.312. The lowest BCUT2D eigenvalue weighted by Gasteiger charge is -1.95. The number of rotatable bonds is 0. The van der Waals surface area contributed by atoms with Gasteiger partial charge in [0.25, 0.3) is 0 Å². The van der Waals surface area contributed by atoms with E-state index in [2.05, 4.69) is 0 Å². The molecule has 0 spiro atoms. The molecule has 0 atom stereocenters. The van der Waals surface area contributed by atoms with Crippen molar-refractivity contribution in [3.63, 3.8) is 0 Å². The third-order valence-electron chi connectivity index (χ3n) is 1.00. The SMILES string of the molecule is Clc1ccccc1.N=C(N)NC(=N)N. The van der Waals surface area contributed by atoms with Gasteiger partial charge in [-0.1, -0.05) is 29.8 Å². The zero-order valence-corrected chi connectivity index (χ0v) is 8.18. The number of benzene rings is 1. The van der Waals surface area contributed by atoms with Crippen molar-refractivity contribution in [2.24, 2.45) is 11.5 Å². The molecule has 0 fully saturated rings. The van der Waals surface area contributed by atoms with Crippen LogP contribution < -0.4 is 16.8 Å². The highest BCUT2D eigenvalue weighted by Crippen LogP contribution is 2.03. The molecule has 0 bridgehead atoms. The van der Waals surface area contributed by atoms with E-state index in [4.69, 9.17) is 33.9 Å². The van der Waals surface area contributed by atoms with Crippen molar-refractivity contribution >= 4 is 23.5 Å². The number of hydrogen-bond donors (Lipinski definition) is 5. The maximum absolute atomic E-state index is 6.47. The smallest absolute Gasteiger partial charge is 0.192 e. The highest BCUT2D eigenvalue weighted by Gasteiger charge is 1.83. The molecular weight excluding hydrogens is 202 g/mol. The molecule has 7 N–H and O–H groups in total. The first-order valence-corrected chi connectivity index (χ1v) is 4.05. The summed E-state index contributed by atoms with van der Waals surface area (Å²) >= 11 is 5.54. The molecule has 0 saturated heterocycles. The summed E-state index contributed by atoms with van der Waals surface area (Å²) in [4.78, 5) is 0. The van der Waals surface area contributed by atoms with E-state index < -0.39 is 0 Å². The molecule has 5 nitrogen and oxygen atoms in total. The van der Waals surface area contributed by atoms with Crippen molar-refractivity contribution in [3.8, 4) is 0 Å². The zero-order chi connectivity index (χ0) is 11.0. The fraction of sp³-hybridized carbons (Fsp3) is 0. The Morgan fingerprint density at radius 2 is 1.50 bits per heavy atom. The predicted octanol–water partition coefficient (Wildman–Crippen LogP) is 0.703. The Balaban J connectivity index is 0.000000241. The fourth-order valence-corrected chi connectivity index (χ4v) is 0.705. The molecule has 0 saturated carbocycles. The molecule has 76 valence electrons. The Bertz CT molecular complexity index is 286. The first kappa shape index (κ1) is 12.2. The molecule has 0 unspecified atom stereocenters. The standard InChI is InChI=1S/C6H5Cl.C2H7N5/c7-6-4-2-1-3-5-6;3-1(4)7-2(5)6/h1-5H;(H7,3,4,5,6,7). The summed E-state index contributed by atoms with van der Waals surface area (Å²) in [6, 6.07) is 9.44. The van der Waals surface area contributed by atoms with E-state index in [1.54, 1.807) is 0 Å². The molecule has 0 aliphatic carbocycles. The summed E-state index contributed by atoms with van der Waals surface area (Å²) < 4.78 is 0. The molecule has 0 aliphatic heterocycles. The minimum Gasteiger partial charge on any atom is -0.370 e. The summed E-state index contributed by atoms with van der Waals surface area (Å²) in [6.45, 7) is 0. The molecule has 1 rings (SSSR count). The van der Waals surface area contributed by atoms with E-state index >= 15 is 0 Å². The van der Waals surface area contributed by atoms with E-state index in [1.165, 1.54) is 0 Å². The Labute approximate surface area is 87.1 Å². The van der Waals surface area contributed by atoms with Crippen LogP contribution in [0.25, 0.3) is 0 Å². The summed E-state index contributed by atoms with van der Waals surface area (Å²) in [5.74, 6) is -0.625. The van der Waals surface area contributed by atoms with Gasteiger partial charge in [0.15, 0.2) is 11.9 Å². The number of halogens is 1. The summed E-state index contributed by atoms with van der Waals surface area (Å²) in [5.41, 5.74) is 9.49. The monoisotopic (exact) mass is 213 g/mol. The largest absolute Gasteiger partial charge is 0.370 e. The second-order valence-corrected chi connectivity index (χ2v) is 2.68. The lowest BCUT2D eigenvalue weighted by atomic mass is 10.4. The van der Waals surface area contributed by atoms with Gasteiger partial charge in [-0.2, -0.15) is 0 Å². The molecule has 1 aromatic rings. The van der Waals surface area contributed by atoms with Crippen LogP contribution in [0.4, 0.5) is 0 Å². The van der Waals surface area contributed by atoms with Gasteiger partial charge in [0.05, 0.1) is 0 Å². The molecule has 6 heteroatoms. The van der Waals surface area contributed by atoms with Crippen LogP contribution in [-0.2, 0) is 0 Å². The highest BCUT2D eigenvalue weighted by molar-refractivity contribution is 6.30. The first-order valence-electron chi connectivity index (χ1n) is 3.68. The molecule has 14 heavy (non-hydrogen) atoms. The topological polar surface area (TPSA) is 112 Å². The second-order valence-electron chi connectivity index (χ2n) is 2.25. The lowest BCUT2D eigenvalue weighted by Crippen LogP contribution is -2.39. The number of nitrogens with one attached hydrogen (secondary N) is 3. The Morgan fingerprint density at radius 3 is 1.64 bits per heavy atom. The van der Waals surface area contributed by atoms with E-state index in [-0.39, 0.29) is 11.9 Å². The van der Waals surface area contributed by atoms with Gasteiger partial charge in [0.2, 0.25) is 0 Å². The normalized spacial score (nSPS) is 8.07. The lowest BCUT2D eigenvalue weighted by molar-refractivity contribution is 1.19. The molecule has 0 aromatic heterocycles. The van der Waals surface area contributed by atoms with Gasteiger partial charge in [-0.15, -0.1) is 0 Å². The molecular formula is C8H12ClN5. The van der Waals surface area contributed by atoms with Crippen LogP contribution in [0, 0.1) is 10.8 Å². The molecule has 0 amide bonds. The number of nitrogens with two attached hydrogens (primary N) is 2. The number of hydrogen-bond acceptors (Lipinski definition) is 2. The van der Waals surface area contributed by atoms with Crippen molar-refractivity contribution in [2.75, 3.05) is 0 Å². The van der Waals surface area contributed by atoms with E-state index in [9.17, 15) is 0 Å². The van der Waals surface area contributed by atoms with Crippen LogP contribution in [0.5, 0.6) is 0 Å². The maximum atomic E-state index is 6.47. The van der Waals surface area contributed by atoms with Crippen LogP contribution in [0.1, 0.15) is 0 Å². The van der Waals surface area contributed by atoms with E-state index in [0.717, 1.165) is 5.02 Å². The minimum atomic E-state index is -0.312. The molecule has 0 aliphatic rings. The van der Waals surface area contributed by atoms with Gasteiger partial charge >= 0.3 is 0 Å². The highest BCUT2D eigenvalue weighted by atomic mass is 35.5. The van der Waals surface area contributed by atoms with Crippen LogP contribution in [0.3, 0.4) is 0 Å². The van der Waals surface area contributed by atoms with E-state index in [1.807, 2.05) is 35.6 Å². The van der Waals surface area contributed by atoms with Crippen LogP contribution in [-0.4, -0.2) is 11.9 Å². The third kappa shape index (κ3) is 8.35. The van der Waals surface area contributed by atoms with Gasteiger partial charge in [0, 0.05) is 5.02 Å². The first-order chi connectivity index (χ1) is 6.52. The Hall–Kier alpha value is -1.75. The average Bonchev–Trinajstić information content (AvgIpc) is 2.03. The summed E-state index contributed by atoms with van der Waals surface area (Å²) in [5, 5.41) is 15.8. The van der Waals surface area contributed by atoms with Gasteiger partial charge in [0.1, 0.15) is 0 Å². The van der Waals surface area contributed by atoms with Crippen molar-refractivity contribution in [1.82, 2.24) is 5.32 Å². The van der Waals surface area contributed by atoms with Crippen molar-refractivity contribution in [3.05, 3.63) is 35.4 Å². The molecule has 0 radical (unpaired) electrons. The van der Waals surface area contributed by atoms with Gasteiger partial charge in [-0.05, 0) is 12.1 Å².